The molecule has 31 heavy (non-hydrogen) atoms. The molecular weight excluding hydrogens is 411 g/mol. The molecule has 3 rings (SSSR count). The van der Waals surface area contributed by atoms with Crippen molar-refractivity contribution in [2.75, 3.05) is 6.61 Å². The Kier molecular flexibility index (Phi) is 6.17. The molecule has 164 valence electrons. The minimum Gasteiger partial charge on any atom is -0.484 e. The number of carbonyl (C=O) groups excluding carboxylic acids is 1. The Hall–Kier alpha value is -3.20. The van der Waals surface area contributed by atoms with Crippen molar-refractivity contribution in [1.82, 2.24) is 15.3 Å². The van der Waals surface area contributed by atoms with Crippen LogP contribution in [0.15, 0.2) is 48.8 Å². The molecule has 0 radical (unpaired) electrons. The maximum atomic E-state index is 12.6. The summed E-state index contributed by atoms with van der Waals surface area (Å²) >= 11 is 0. The van der Waals surface area contributed by atoms with Crippen molar-refractivity contribution >= 4 is 16.8 Å². The summed E-state index contributed by atoms with van der Waals surface area (Å²) < 4.78 is 42.2. The van der Waals surface area contributed by atoms with Crippen LogP contribution >= 0.6 is 0 Å². The second-order valence-corrected chi connectivity index (χ2v) is 7.74. The van der Waals surface area contributed by atoms with Crippen LogP contribution in [0.5, 0.6) is 5.75 Å². The first-order valence-corrected chi connectivity index (χ1v) is 9.52. The number of pyridine rings is 2. The molecule has 3 aromatic rings. The summed E-state index contributed by atoms with van der Waals surface area (Å²) in [5, 5.41) is 13.4. The fourth-order valence-corrected chi connectivity index (χ4v) is 2.75. The minimum atomic E-state index is -4.44. The molecule has 0 fully saturated rings. The highest BCUT2D eigenvalue weighted by atomic mass is 19.4. The van der Waals surface area contributed by atoms with E-state index in [1.807, 2.05) is 0 Å². The summed E-state index contributed by atoms with van der Waals surface area (Å²) in [5.74, 6) is -0.402. The maximum Gasteiger partial charge on any atom is 0.422 e. The fraction of sp³-hybridized carbons (Fsp3) is 0.318. The van der Waals surface area contributed by atoms with E-state index < -0.39 is 30.3 Å². The highest BCUT2D eigenvalue weighted by Gasteiger charge is 2.28. The Morgan fingerprint density at radius 3 is 2.61 bits per heavy atom. The number of hydrogen-bond donors (Lipinski definition) is 2. The van der Waals surface area contributed by atoms with E-state index in [0.29, 0.717) is 22.0 Å². The molecule has 1 aromatic carbocycles. The number of rotatable bonds is 6. The number of aliphatic hydroxyl groups is 1. The third-order valence-electron chi connectivity index (χ3n) is 4.79. The number of alkyl halides is 3. The lowest BCUT2D eigenvalue weighted by Crippen LogP contribution is -2.47. The van der Waals surface area contributed by atoms with Gasteiger partial charge in [-0.15, -0.1) is 0 Å². The maximum absolute atomic E-state index is 12.6. The van der Waals surface area contributed by atoms with E-state index in [-0.39, 0.29) is 11.4 Å². The first-order valence-electron chi connectivity index (χ1n) is 9.52. The van der Waals surface area contributed by atoms with Gasteiger partial charge >= 0.3 is 6.18 Å². The zero-order chi connectivity index (χ0) is 22.8. The first kappa shape index (κ1) is 22.5. The predicted molar refractivity (Wildman–Crippen MR) is 110 cm³/mol. The lowest BCUT2D eigenvalue weighted by atomic mass is 10.0. The van der Waals surface area contributed by atoms with E-state index in [1.54, 1.807) is 51.2 Å². The average Bonchev–Trinajstić information content (AvgIpc) is 2.70. The number of benzene rings is 1. The van der Waals surface area contributed by atoms with Crippen LogP contribution in [0.25, 0.3) is 22.0 Å². The van der Waals surface area contributed by atoms with E-state index in [9.17, 15) is 23.1 Å². The number of hydrogen-bond acceptors (Lipinski definition) is 5. The van der Waals surface area contributed by atoms with Gasteiger partial charge in [0.2, 0.25) is 0 Å². The number of nitrogens with zero attached hydrogens (tertiary/aromatic N) is 2. The molecule has 1 amide bonds. The van der Waals surface area contributed by atoms with Crippen molar-refractivity contribution in [2.24, 2.45) is 0 Å². The minimum absolute atomic E-state index is 0.0553. The number of aromatic nitrogens is 2. The second kappa shape index (κ2) is 8.50. The smallest absolute Gasteiger partial charge is 0.422 e. The van der Waals surface area contributed by atoms with Gasteiger partial charge in [-0.05, 0) is 50.6 Å². The number of halogens is 3. The molecule has 1 atom stereocenters. The summed E-state index contributed by atoms with van der Waals surface area (Å²) in [7, 11) is 0. The average molecular weight is 433 g/mol. The van der Waals surface area contributed by atoms with Gasteiger partial charge in [-0.2, -0.15) is 13.2 Å². The second-order valence-electron chi connectivity index (χ2n) is 7.74. The Morgan fingerprint density at radius 1 is 1.19 bits per heavy atom. The summed E-state index contributed by atoms with van der Waals surface area (Å²) in [5.41, 5.74) is 0.582. The molecule has 9 heteroatoms. The fourth-order valence-electron chi connectivity index (χ4n) is 2.75. The molecule has 0 aliphatic rings. The summed E-state index contributed by atoms with van der Waals surface area (Å²) in [6.45, 7) is 3.46. The summed E-state index contributed by atoms with van der Waals surface area (Å²) in [6.07, 6.45) is -1.34. The van der Waals surface area contributed by atoms with Crippen LogP contribution in [0.4, 0.5) is 13.2 Å². The van der Waals surface area contributed by atoms with Crippen LogP contribution in [-0.4, -0.2) is 45.4 Å². The van der Waals surface area contributed by atoms with E-state index in [2.05, 4.69) is 15.3 Å². The van der Waals surface area contributed by atoms with Crippen molar-refractivity contribution in [3.8, 4) is 16.9 Å². The van der Waals surface area contributed by atoms with Crippen molar-refractivity contribution in [3.63, 3.8) is 0 Å². The Morgan fingerprint density at radius 2 is 1.94 bits per heavy atom. The van der Waals surface area contributed by atoms with Crippen LogP contribution in [0.2, 0.25) is 0 Å². The van der Waals surface area contributed by atoms with Crippen LogP contribution < -0.4 is 10.1 Å². The Balaban J connectivity index is 1.95. The zero-order valence-corrected chi connectivity index (χ0v) is 17.2. The number of fused-ring (bicyclic) bond motifs is 1. The van der Waals surface area contributed by atoms with Crippen LogP contribution in [0.3, 0.4) is 0 Å². The zero-order valence-electron chi connectivity index (χ0n) is 17.2. The van der Waals surface area contributed by atoms with Gasteiger partial charge in [0.05, 0.1) is 17.2 Å². The molecule has 0 saturated heterocycles. The van der Waals surface area contributed by atoms with Gasteiger partial charge in [0.15, 0.2) is 6.61 Å². The monoisotopic (exact) mass is 433 g/mol. The third kappa shape index (κ3) is 5.69. The molecule has 6 nitrogen and oxygen atoms in total. The summed E-state index contributed by atoms with van der Waals surface area (Å²) in [4.78, 5) is 21.2. The molecular formula is C22H22F3N3O3. The number of nitrogens with one attached hydrogen (secondary N) is 1. The molecule has 0 aliphatic carbocycles. The molecule has 2 N–H and O–H groups in total. The highest BCUT2D eigenvalue weighted by molar-refractivity contribution is 5.98. The SMILES string of the molecule is CC(NC(=O)c1ccc2cncc(-c3cccc(OCC(F)(F)F)c3)c2n1)C(C)(C)O. The van der Waals surface area contributed by atoms with E-state index in [0.717, 1.165) is 0 Å². The summed E-state index contributed by atoms with van der Waals surface area (Å²) in [6, 6.07) is 8.88. The highest BCUT2D eigenvalue weighted by Crippen LogP contribution is 2.30. The molecule has 0 spiro atoms. The molecule has 0 bridgehead atoms. The van der Waals surface area contributed by atoms with E-state index in [1.165, 1.54) is 18.3 Å². The van der Waals surface area contributed by atoms with Gasteiger partial charge in [-0.1, -0.05) is 12.1 Å². The third-order valence-corrected chi connectivity index (χ3v) is 4.79. The van der Waals surface area contributed by atoms with Gasteiger partial charge in [0.25, 0.3) is 5.91 Å². The van der Waals surface area contributed by atoms with Gasteiger partial charge in [-0.25, -0.2) is 4.98 Å². The largest absolute Gasteiger partial charge is 0.484 e. The first-order chi connectivity index (χ1) is 14.4. The van der Waals surface area contributed by atoms with E-state index in [4.69, 9.17) is 4.74 Å². The number of ether oxygens (including phenoxy) is 1. The normalized spacial score (nSPS) is 13.1. The van der Waals surface area contributed by atoms with Crippen molar-refractivity contribution in [3.05, 3.63) is 54.5 Å². The number of carbonyl (C=O) groups is 1. The topological polar surface area (TPSA) is 84.3 Å². The quantitative estimate of drug-likeness (QED) is 0.611. The Labute approximate surface area is 177 Å². The number of amides is 1. The van der Waals surface area contributed by atoms with Gasteiger partial charge < -0.3 is 15.2 Å². The van der Waals surface area contributed by atoms with Crippen LogP contribution in [0, 0.1) is 0 Å². The van der Waals surface area contributed by atoms with Crippen LogP contribution in [0.1, 0.15) is 31.3 Å². The van der Waals surface area contributed by atoms with E-state index >= 15 is 0 Å². The van der Waals surface area contributed by atoms with Crippen molar-refractivity contribution < 1.29 is 27.8 Å². The van der Waals surface area contributed by atoms with Gasteiger partial charge in [0.1, 0.15) is 11.4 Å². The standard InChI is InChI=1S/C22H22F3N3O3/c1-13(21(2,3)30)27-20(29)18-8-7-15-10-26-11-17(19(15)28-18)14-5-4-6-16(9-14)31-12-22(23,24)25/h4-11,13,30H,12H2,1-3H3,(H,27,29). The van der Waals surface area contributed by atoms with Gasteiger partial charge in [0, 0.05) is 23.3 Å². The van der Waals surface area contributed by atoms with Crippen molar-refractivity contribution in [2.45, 2.75) is 38.6 Å². The lowest BCUT2D eigenvalue weighted by molar-refractivity contribution is -0.153. The lowest BCUT2D eigenvalue weighted by Gasteiger charge is -2.26. The Bertz CT molecular complexity index is 1090. The van der Waals surface area contributed by atoms with Gasteiger partial charge in [-0.3, -0.25) is 9.78 Å². The molecule has 1 unspecified atom stereocenters. The molecule has 0 aliphatic heterocycles. The molecule has 0 saturated carbocycles. The molecule has 2 heterocycles. The predicted octanol–water partition coefficient (Wildman–Crippen LogP) is 4.13. The van der Waals surface area contributed by atoms with Crippen LogP contribution in [-0.2, 0) is 0 Å². The molecule has 2 aromatic heterocycles. The van der Waals surface area contributed by atoms with Crippen molar-refractivity contribution in [1.29, 1.82) is 0 Å².